The summed E-state index contributed by atoms with van der Waals surface area (Å²) >= 11 is 0. The van der Waals surface area contributed by atoms with E-state index in [0.29, 0.717) is 34.5 Å². The van der Waals surface area contributed by atoms with Gasteiger partial charge in [0.25, 0.3) is 0 Å². The van der Waals surface area contributed by atoms with Gasteiger partial charge in [0.15, 0.2) is 0 Å². The van der Waals surface area contributed by atoms with E-state index in [-0.39, 0.29) is 0 Å². The first-order valence-electron chi connectivity index (χ1n) is 11.7. The molecule has 0 saturated carbocycles. The van der Waals surface area contributed by atoms with Crippen LogP contribution >= 0.6 is 23.7 Å². The van der Waals surface area contributed by atoms with Crippen LogP contribution in [0.15, 0.2) is 77.3 Å². The fourth-order valence-corrected chi connectivity index (χ4v) is 15.0. The number of hydrogen-bond acceptors (Lipinski definition) is 12. The summed E-state index contributed by atoms with van der Waals surface area (Å²) in [5, 5.41) is 0. The molecule has 1 atom stereocenters. The van der Waals surface area contributed by atoms with Crippen LogP contribution in [0.3, 0.4) is 0 Å². The van der Waals surface area contributed by atoms with Crippen molar-refractivity contribution in [2.24, 2.45) is 4.52 Å². The van der Waals surface area contributed by atoms with Gasteiger partial charge in [0, 0.05) is 0 Å². The predicted molar refractivity (Wildman–Crippen MR) is 154 cm³/mol. The van der Waals surface area contributed by atoms with Gasteiger partial charge in [-0.15, -0.1) is 0 Å². The summed E-state index contributed by atoms with van der Waals surface area (Å²) in [5.74, 6) is 3.19. The molecular weight excluding hydrogens is 567 g/mol. The van der Waals surface area contributed by atoms with Gasteiger partial charge in [-0.25, -0.2) is 0 Å². The molecule has 12 nitrogen and oxygen atoms in total. The summed E-state index contributed by atoms with van der Waals surface area (Å²) in [6.45, 7) is 0. The van der Waals surface area contributed by atoms with Gasteiger partial charge in [-0.2, -0.15) is 0 Å². The molecule has 1 aliphatic rings. The second kappa shape index (κ2) is 12.7. The number of rotatable bonds is 12. The van der Waals surface area contributed by atoms with E-state index in [4.69, 9.17) is 45.9 Å². The Labute approximate surface area is 229 Å². The van der Waals surface area contributed by atoms with Crippen molar-refractivity contribution in [3.63, 3.8) is 0 Å². The molecule has 1 unspecified atom stereocenters. The average molecular weight is 601 g/mol. The van der Waals surface area contributed by atoms with Crippen LogP contribution in [0.2, 0.25) is 0 Å². The van der Waals surface area contributed by atoms with Gasteiger partial charge in [-0.3, -0.25) is 0 Å². The molecule has 0 bridgehead atoms. The van der Waals surface area contributed by atoms with Gasteiger partial charge in [0.05, 0.1) is 0 Å². The van der Waals surface area contributed by atoms with Crippen LogP contribution in [0.1, 0.15) is 0 Å². The first-order chi connectivity index (χ1) is 18.8. The van der Waals surface area contributed by atoms with Gasteiger partial charge >= 0.3 is 229 Å². The van der Waals surface area contributed by atoms with Crippen molar-refractivity contribution in [2.75, 3.05) is 42.7 Å². The third kappa shape index (κ3) is 6.92. The van der Waals surface area contributed by atoms with Crippen molar-refractivity contribution in [1.82, 2.24) is 9.72 Å². The summed E-state index contributed by atoms with van der Waals surface area (Å²) in [4.78, 5) is 6.62. The molecule has 39 heavy (non-hydrogen) atoms. The fourth-order valence-electron chi connectivity index (χ4n) is 3.63. The average Bonchev–Trinajstić information content (AvgIpc) is 2.97. The molecule has 15 heteroatoms. The molecule has 214 valence electrons. The van der Waals surface area contributed by atoms with Crippen molar-refractivity contribution in [3.05, 3.63) is 72.8 Å². The first kappa shape index (κ1) is 29.3. The third-order valence-corrected chi connectivity index (χ3v) is 15.7. The first-order valence-corrected chi connectivity index (χ1v) is 16.9. The molecule has 3 aromatic rings. The van der Waals surface area contributed by atoms with E-state index >= 15 is 0 Å². The minimum absolute atomic E-state index is 0.448. The van der Waals surface area contributed by atoms with Gasteiger partial charge in [-0.05, 0) is 0 Å². The van der Waals surface area contributed by atoms with E-state index in [0.717, 1.165) is 0 Å². The standard InChI is InChI=1S/C24H34N3O9P3/c1-28-19-10-7-13-22(16-19)34-37(31-4)25-38(32-5,35-23-14-8-11-20(17-23)29-2)27-39(26-37,33-6)36-24-15-9-12-21(18-24)30-3/h7-18,25-26,37-38H,1-6H3. The number of hydrogen-bond donors (Lipinski definition) is 2. The van der Waals surface area contributed by atoms with E-state index in [1.807, 2.05) is 6.07 Å². The second-order valence-corrected chi connectivity index (χ2v) is 15.9. The Hall–Kier alpha value is -2.65. The molecule has 2 N–H and O–H groups in total. The minimum atomic E-state index is -3.79. The topological polar surface area (TPSA) is 119 Å². The molecule has 0 amide bonds. The predicted octanol–water partition coefficient (Wildman–Crippen LogP) is 6.15. The maximum absolute atomic E-state index is 6.46. The SMILES string of the molecule is COc1cccc(OP2(OC)=N[PH](OC)(Oc3cccc(OC)c3)N[PH](OC)(Oc3cccc(OC)c3)N2)c1. The maximum atomic E-state index is 6.46. The Balaban J connectivity index is 1.83. The van der Waals surface area contributed by atoms with E-state index in [2.05, 4.69) is 9.72 Å². The Morgan fingerprint density at radius 1 is 0.615 bits per heavy atom. The molecule has 0 aliphatic carbocycles. The molecule has 3 aromatic carbocycles. The Morgan fingerprint density at radius 3 is 1.59 bits per heavy atom. The molecule has 0 spiro atoms. The number of ether oxygens (including phenoxy) is 3. The van der Waals surface area contributed by atoms with Gasteiger partial charge in [0.1, 0.15) is 0 Å². The Morgan fingerprint density at radius 2 is 1.10 bits per heavy atom. The van der Waals surface area contributed by atoms with Crippen molar-refractivity contribution in [2.45, 2.75) is 0 Å². The zero-order valence-corrected chi connectivity index (χ0v) is 25.4. The van der Waals surface area contributed by atoms with E-state index in [9.17, 15) is 0 Å². The van der Waals surface area contributed by atoms with Crippen LogP contribution in [-0.2, 0) is 13.6 Å². The van der Waals surface area contributed by atoms with E-state index < -0.39 is 23.7 Å². The molecule has 0 fully saturated rings. The van der Waals surface area contributed by atoms with Gasteiger partial charge < -0.3 is 0 Å². The normalized spacial score (nSPS) is 21.0. The van der Waals surface area contributed by atoms with Crippen molar-refractivity contribution in [3.8, 4) is 34.5 Å². The molecule has 0 aromatic heterocycles. The molecule has 4 rings (SSSR count). The third-order valence-electron chi connectivity index (χ3n) is 5.56. The molecule has 0 saturated heterocycles. The zero-order valence-electron chi connectivity index (χ0n) is 22.5. The molecule has 1 aliphatic heterocycles. The van der Waals surface area contributed by atoms with Crippen LogP contribution in [0, 0.1) is 0 Å². The van der Waals surface area contributed by atoms with Crippen LogP contribution in [0.4, 0.5) is 0 Å². The van der Waals surface area contributed by atoms with E-state index in [1.54, 1.807) is 88.1 Å². The summed E-state index contributed by atoms with van der Waals surface area (Å²) < 4.78 is 58.3. The van der Waals surface area contributed by atoms with Gasteiger partial charge in [-0.1, -0.05) is 0 Å². The summed E-state index contributed by atoms with van der Waals surface area (Å²) in [5.41, 5.74) is 0. The fraction of sp³-hybridized carbons (Fsp3) is 0.250. The molecule has 1 heterocycles. The molecular formula is C24H34N3O9P3. The van der Waals surface area contributed by atoms with E-state index in [1.165, 1.54) is 21.3 Å². The number of nitrogens with zero attached hydrogens (tertiary/aromatic N) is 1. The molecule has 0 radical (unpaired) electrons. The van der Waals surface area contributed by atoms with Crippen LogP contribution in [0.25, 0.3) is 0 Å². The van der Waals surface area contributed by atoms with Crippen LogP contribution < -0.4 is 37.5 Å². The van der Waals surface area contributed by atoms with Gasteiger partial charge in [0.2, 0.25) is 0 Å². The van der Waals surface area contributed by atoms with Crippen LogP contribution in [-0.4, -0.2) is 42.7 Å². The zero-order chi connectivity index (χ0) is 27.9. The Kier molecular flexibility index (Phi) is 9.54. The van der Waals surface area contributed by atoms with Crippen molar-refractivity contribution >= 4 is 23.7 Å². The summed E-state index contributed by atoms with van der Waals surface area (Å²) in [7, 11) is -1.68. The summed E-state index contributed by atoms with van der Waals surface area (Å²) in [6.07, 6.45) is 0. The number of benzene rings is 3. The quantitative estimate of drug-likeness (QED) is 0.233. The van der Waals surface area contributed by atoms with Crippen LogP contribution in [0.5, 0.6) is 34.5 Å². The monoisotopic (exact) mass is 601 g/mol. The second-order valence-electron chi connectivity index (χ2n) is 7.98. The summed E-state index contributed by atoms with van der Waals surface area (Å²) in [6, 6.07) is 21.3. The number of methoxy groups -OCH3 is 3. The van der Waals surface area contributed by atoms with Crippen molar-refractivity contribution in [1.29, 1.82) is 0 Å². The van der Waals surface area contributed by atoms with Crippen molar-refractivity contribution < 1.29 is 41.4 Å². The number of nitrogens with one attached hydrogen (secondary N) is 2. The Bertz CT molecular complexity index is 1330.